The van der Waals surface area contributed by atoms with Crippen molar-refractivity contribution in [2.24, 2.45) is 0 Å². The lowest BCUT2D eigenvalue weighted by Crippen LogP contribution is -2.35. The molecule has 6 nitrogen and oxygen atoms in total. The van der Waals surface area contributed by atoms with Crippen molar-refractivity contribution in [3.8, 4) is 11.5 Å². The number of nitrogens with zero attached hydrogens (tertiary/aromatic N) is 1. The molecule has 0 unspecified atom stereocenters. The van der Waals surface area contributed by atoms with Crippen molar-refractivity contribution in [2.45, 2.75) is 20.5 Å². The molecule has 0 bridgehead atoms. The van der Waals surface area contributed by atoms with E-state index in [0.717, 1.165) is 5.56 Å². The van der Waals surface area contributed by atoms with Gasteiger partial charge in [0, 0.05) is 4.47 Å². The van der Waals surface area contributed by atoms with Crippen molar-refractivity contribution < 1.29 is 19.1 Å². The van der Waals surface area contributed by atoms with E-state index >= 15 is 0 Å². The van der Waals surface area contributed by atoms with Gasteiger partial charge >= 0.3 is 0 Å². The standard InChI is InChI=1S/C26H22Br2N2O4/c1-3-33-21-14-18(13-20-25(31)29-30(26(20)32)19-7-5-4-6-8-19)22(27)23(28)24(21)34-15-17-11-9-16(2)10-12-17/h4-14H,3,15H2,1-2H3,(H,29,31)/b20-13-. The molecule has 1 heterocycles. The summed E-state index contributed by atoms with van der Waals surface area (Å²) < 4.78 is 13.2. The molecule has 1 fully saturated rings. The average Bonchev–Trinajstić information content (AvgIpc) is 3.12. The Balaban J connectivity index is 1.66. The van der Waals surface area contributed by atoms with Crippen LogP contribution in [0.3, 0.4) is 0 Å². The highest BCUT2D eigenvalue weighted by Crippen LogP contribution is 2.44. The number of benzene rings is 3. The number of halogens is 2. The highest BCUT2D eigenvalue weighted by molar-refractivity contribution is 9.13. The highest BCUT2D eigenvalue weighted by Gasteiger charge is 2.34. The van der Waals surface area contributed by atoms with Crippen molar-refractivity contribution in [3.05, 3.63) is 91.9 Å². The minimum Gasteiger partial charge on any atom is -0.490 e. The minimum absolute atomic E-state index is 0.0206. The number of hydrogen-bond donors (Lipinski definition) is 1. The zero-order chi connectivity index (χ0) is 24.2. The SMILES string of the molecule is CCOc1cc(/C=C2/C(=O)NN(c3ccccc3)C2=O)c(Br)c(Br)c1OCc1ccc(C)cc1. The van der Waals surface area contributed by atoms with Crippen LogP contribution in [-0.2, 0) is 16.2 Å². The van der Waals surface area contributed by atoms with E-state index in [1.807, 2.05) is 44.2 Å². The maximum absolute atomic E-state index is 13.0. The third-order valence-electron chi connectivity index (χ3n) is 5.17. The third-order valence-corrected chi connectivity index (χ3v) is 7.31. The number of hydrazine groups is 1. The van der Waals surface area contributed by atoms with E-state index in [1.165, 1.54) is 10.6 Å². The van der Waals surface area contributed by atoms with Crippen molar-refractivity contribution >= 4 is 55.4 Å². The molecule has 174 valence electrons. The molecule has 0 saturated carbocycles. The van der Waals surface area contributed by atoms with Crippen LogP contribution in [0.25, 0.3) is 6.08 Å². The molecule has 2 amide bonds. The van der Waals surface area contributed by atoms with Crippen LogP contribution >= 0.6 is 31.9 Å². The van der Waals surface area contributed by atoms with Crippen LogP contribution < -0.4 is 19.9 Å². The minimum atomic E-state index is -0.477. The van der Waals surface area contributed by atoms with Crippen LogP contribution in [0.5, 0.6) is 11.5 Å². The van der Waals surface area contributed by atoms with Gasteiger partial charge in [0.2, 0.25) is 0 Å². The maximum atomic E-state index is 13.0. The Hall–Kier alpha value is -3.10. The molecule has 0 aliphatic carbocycles. The molecule has 1 N–H and O–H groups in total. The van der Waals surface area contributed by atoms with Gasteiger partial charge in [0.1, 0.15) is 12.2 Å². The van der Waals surface area contributed by atoms with Crippen molar-refractivity contribution in [3.63, 3.8) is 0 Å². The molecule has 8 heteroatoms. The fraction of sp³-hybridized carbons (Fsp3) is 0.154. The van der Waals surface area contributed by atoms with Gasteiger partial charge < -0.3 is 9.47 Å². The Morgan fingerprint density at radius 3 is 2.35 bits per heavy atom. The number of hydrogen-bond acceptors (Lipinski definition) is 4. The fourth-order valence-electron chi connectivity index (χ4n) is 3.42. The molecule has 3 aromatic rings. The summed E-state index contributed by atoms with van der Waals surface area (Å²) in [5.74, 6) is 0.123. The summed E-state index contributed by atoms with van der Waals surface area (Å²) in [5, 5.41) is 1.24. The fourth-order valence-corrected chi connectivity index (χ4v) is 4.37. The molecule has 3 aromatic carbocycles. The molecule has 1 aliphatic rings. The van der Waals surface area contributed by atoms with Gasteiger partial charge in [-0.2, -0.15) is 0 Å². The quantitative estimate of drug-likeness (QED) is 0.274. The Morgan fingerprint density at radius 2 is 1.68 bits per heavy atom. The highest BCUT2D eigenvalue weighted by atomic mass is 79.9. The van der Waals surface area contributed by atoms with E-state index in [1.54, 1.807) is 36.4 Å². The lowest BCUT2D eigenvalue weighted by molar-refractivity contribution is -0.117. The van der Waals surface area contributed by atoms with Crippen LogP contribution in [0.15, 0.2) is 75.2 Å². The third kappa shape index (κ3) is 5.03. The Bertz CT molecular complexity index is 1260. The number of aryl methyl sites for hydroxylation is 1. The summed E-state index contributed by atoms with van der Waals surface area (Å²) in [6.07, 6.45) is 1.54. The predicted molar refractivity (Wildman–Crippen MR) is 139 cm³/mol. The lowest BCUT2D eigenvalue weighted by Gasteiger charge is -2.17. The Morgan fingerprint density at radius 1 is 0.971 bits per heavy atom. The van der Waals surface area contributed by atoms with Crippen molar-refractivity contribution in [2.75, 3.05) is 11.6 Å². The molecular weight excluding hydrogens is 564 g/mol. The van der Waals surface area contributed by atoms with Crippen LogP contribution in [0.4, 0.5) is 5.69 Å². The molecule has 1 aliphatic heterocycles. The summed E-state index contributed by atoms with van der Waals surface area (Å²) in [5.41, 5.74) is 6.02. The van der Waals surface area contributed by atoms with Gasteiger partial charge in [-0.1, -0.05) is 48.0 Å². The molecule has 1 saturated heterocycles. The summed E-state index contributed by atoms with van der Waals surface area (Å²) >= 11 is 7.16. The zero-order valence-electron chi connectivity index (χ0n) is 18.6. The monoisotopic (exact) mass is 584 g/mol. The van der Waals surface area contributed by atoms with Gasteiger partial charge in [-0.15, -0.1) is 0 Å². The molecule has 4 rings (SSSR count). The summed E-state index contributed by atoms with van der Waals surface area (Å²) in [6, 6.07) is 18.8. The molecular formula is C26H22Br2N2O4. The first-order valence-corrected chi connectivity index (χ1v) is 12.2. The normalized spacial score (nSPS) is 14.5. The van der Waals surface area contributed by atoms with Gasteiger partial charge in [-0.25, -0.2) is 5.01 Å². The second-order valence-electron chi connectivity index (χ2n) is 7.60. The van der Waals surface area contributed by atoms with E-state index in [0.29, 0.717) is 44.9 Å². The lowest BCUT2D eigenvalue weighted by atomic mass is 10.1. The molecule has 0 radical (unpaired) electrons. The number of nitrogens with one attached hydrogen (secondary N) is 1. The number of ether oxygens (including phenoxy) is 2. The second kappa shape index (κ2) is 10.4. The van der Waals surface area contributed by atoms with Crippen LogP contribution in [0.1, 0.15) is 23.6 Å². The average molecular weight is 586 g/mol. The number of amides is 2. The van der Waals surface area contributed by atoms with Crippen molar-refractivity contribution in [1.29, 1.82) is 0 Å². The van der Waals surface area contributed by atoms with Gasteiger partial charge in [0.05, 0.1) is 16.8 Å². The molecule has 0 atom stereocenters. The summed E-state index contributed by atoms with van der Waals surface area (Å²) in [7, 11) is 0. The first kappa shape index (κ1) is 24.0. The Kier molecular flexibility index (Phi) is 7.38. The van der Waals surface area contributed by atoms with E-state index in [2.05, 4.69) is 37.3 Å². The van der Waals surface area contributed by atoms with E-state index < -0.39 is 11.8 Å². The number of carbonyl (C=O) groups excluding carboxylic acids is 2. The van der Waals surface area contributed by atoms with E-state index in [4.69, 9.17) is 9.47 Å². The largest absolute Gasteiger partial charge is 0.490 e. The number of rotatable bonds is 7. The molecule has 34 heavy (non-hydrogen) atoms. The van der Waals surface area contributed by atoms with Gasteiger partial charge in [-0.3, -0.25) is 15.0 Å². The van der Waals surface area contributed by atoms with Crippen molar-refractivity contribution in [1.82, 2.24) is 5.43 Å². The zero-order valence-corrected chi connectivity index (χ0v) is 21.8. The smallest absolute Gasteiger partial charge is 0.282 e. The first-order chi connectivity index (χ1) is 16.4. The maximum Gasteiger partial charge on any atom is 0.282 e. The Labute approximate surface area is 214 Å². The second-order valence-corrected chi connectivity index (χ2v) is 9.19. The predicted octanol–water partition coefficient (Wildman–Crippen LogP) is 5.96. The van der Waals surface area contributed by atoms with Gasteiger partial charge in [0.25, 0.3) is 11.8 Å². The van der Waals surface area contributed by atoms with Gasteiger partial charge in [-0.05, 0) is 81.1 Å². The number of carbonyl (C=O) groups is 2. The summed E-state index contributed by atoms with van der Waals surface area (Å²) in [6.45, 7) is 4.70. The van der Waals surface area contributed by atoms with E-state index in [9.17, 15) is 9.59 Å². The van der Waals surface area contributed by atoms with E-state index in [-0.39, 0.29) is 5.57 Å². The van der Waals surface area contributed by atoms with Crippen LogP contribution in [0, 0.1) is 6.92 Å². The van der Waals surface area contributed by atoms with Crippen LogP contribution in [0.2, 0.25) is 0 Å². The first-order valence-electron chi connectivity index (χ1n) is 10.6. The molecule has 0 aromatic heterocycles. The summed E-state index contributed by atoms with van der Waals surface area (Å²) in [4.78, 5) is 25.6. The molecule has 0 spiro atoms. The topological polar surface area (TPSA) is 67.9 Å². The number of para-hydroxylation sites is 1. The van der Waals surface area contributed by atoms with Gasteiger partial charge in [0.15, 0.2) is 11.5 Å². The number of anilines is 1. The van der Waals surface area contributed by atoms with Crippen LogP contribution in [-0.4, -0.2) is 18.4 Å².